The smallest absolute Gasteiger partial charge is 0.259 e. The van der Waals surface area contributed by atoms with Crippen LogP contribution in [0.1, 0.15) is 27.9 Å². The molecule has 0 aromatic heterocycles. The first-order valence-electron chi connectivity index (χ1n) is 11.4. The molecule has 0 radical (unpaired) electrons. The van der Waals surface area contributed by atoms with Crippen molar-refractivity contribution in [3.05, 3.63) is 77.4 Å². The van der Waals surface area contributed by atoms with Crippen LogP contribution < -0.4 is 4.90 Å². The molecule has 2 bridgehead atoms. The Morgan fingerprint density at radius 2 is 1.47 bits per heavy atom. The van der Waals surface area contributed by atoms with E-state index < -0.39 is 0 Å². The fraction of sp³-hybridized carbons (Fsp3) is 0.370. The van der Waals surface area contributed by atoms with E-state index in [0.29, 0.717) is 23.1 Å². The molecule has 162 valence electrons. The zero-order valence-electron chi connectivity index (χ0n) is 18.3. The van der Waals surface area contributed by atoms with Crippen molar-refractivity contribution in [2.75, 3.05) is 11.6 Å². The Kier molecular flexibility index (Phi) is 4.19. The van der Waals surface area contributed by atoms with Gasteiger partial charge in [-0.15, -0.1) is 0 Å². The molecule has 1 aliphatic heterocycles. The number of rotatable bonds is 4. The van der Waals surface area contributed by atoms with Crippen molar-refractivity contribution < 1.29 is 14.4 Å². The summed E-state index contributed by atoms with van der Waals surface area (Å²) in [5.74, 6) is 0.527. The van der Waals surface area contributed by atoms with Gasteiger partial charge in [-0.2, -0.15) is 0 Å². The maximum absolute atomic E-state index is 13.5. The monoisotopic (exact) mass is 426 g/mol. The molecule has 2 saturated carbocycles. The normalized spacial score (nSPS) is 31.5. The van der Waals surface area contributed by atoms with Gasteiger partial charge in [0.05, 0.1) is 11.8 Å². The Morgan fingerprint density at radius 3 is 2.03 bits per heavy atom. The van der Waals surface area contributed by atoms with E-state index in [4.69, 9.17) is 0 Å². The van der Waals surface area contributed by atoms with Crippen LogP contribution >= 0.6 is 0 Å². The minimum Gasteiger partial charge on any atom is -0.290 e. The lowest BCUT2D eigenvalue weighted by molar-refractivity contribution is -0.140. The molecule has 6 atom stereocenters. The van der Waals surface area contributed by atoms with Crippen LogP contribution in [0.2, 0.25) is 0 Å². The average molecular weight is 427 g/mol. The third-order valence-corrected chi connectivity index (χ3v) is 7.82. The number of benzene rings is 2. The van der Waals surface area contributed by atoms with E-state index in [1.165, 1.54) is 4.90 Å². The van der Waals surface area contributed by atoms with E-state index in [9.17, 15) is 14.4 Å². The second kappa shape index (κ2) is 6.89. The number of anilines is 1. The van der Waals surface area contributed by atoms with E-state index in [2.05, 4.69) is 12.2 Å². The SMILES string of the molecule is Cc1cc(C)cc(N(CN2C(=O)[C@H]3[C@@H]4C=C[C@H]([C@@H]5C[C@H]45)[C@@H]3C2=O)C(=O)c2ccccc2)c1. The van der Waals surface area contributed by atoms with E-state index in [0.717, 1.165) is 17.5 Å². The number of carbonyl (C=O) groups excluding carboxylic acids is 3. The molecule has 3 fully saturated rings. The molecule has 5 nitrogen and oxygen atoms in total. The summed E-state index contributed by atoms with van der Waals surface area (Å²) in [6.07, 6.45) is 5.48. The van der Waals surface area contributed by atoms with Crippen LogP contribution in [0.5, 0.6) is 0 Å². The largest absolute Gasteiger partial charge is 0.290 e. The molecule has 0 unspecified atom stereocenters. The van der Waals surface area contributed by atoms with Crippen molar-refractivity contribution in [1.29, 1.82) is 0 Å². The Labute approximate surface area is 187 Å². The molecule has 3 amide bonds. The number of likely N-dealkylation sites (tertiary alicyclic amines) is 1. The summed E-state index contributed by atoms with van der Waals surface area (Å²) in [5.41, 5.74) is 3.30. The van der Waals surface area contributed by atoms with Gasteiger partial charge in [-0.3, -0.25) is 24.2 Å². The topological polar surface area (TPSA) is 57.7 Å². The first kappa shape index (κ1) is 19.5. The highest BCUT2D eigenvalue weighted by atomic mass is 16.2. The molecule has 5 aliphatic rings. The summed E-state index contributed by atoms with van der Waals surface area (Å²) in [6, 6.07) is 15.0. The van der Waals surface area contributed by atoms with Crippen LogP contribution in [0.3, 0.4) is 0 Å². The van der Waals surface area contributed by atoms with Gasteiger partial charge in [0.25, 0.3) is 5.91 Å². The lowest BCUT2D eigenvalue weighted by atomic mass is 9.63. The maximum Gasteiger partial charge on any atom is 0.259 e. The van der Waals surface area contributed by atoms with Crippen LogP contribution in [0.25, 0.3) is 0 Å². The Balaban J connectivity index is 1.36. The molecule has 4 aliphatic carbocycles. The van der Waals surface area contributed by atoms with Crippen LogP contribution in [-0.2, 0) is 9.59 Å². The number of allylic oxidation sites excluding steroid dienone is 2. The highest BCUT2D eigenvalue weighted by Gasteiger charge is 2.67. The predicted molar refractivity (Wildman–Crippen MR) is 121 cm³/mol. The molecule has 0 N–H and O–H groups in total. The number of aryl methyl sites for hydroxylation is 2. The van der Waals surface area contributed by atoms with Gasteiger partial charge in [0.1, 0.15) is 6.67 Å². The summed E-state index contributed by atoms with van der Waals surface area (Å²) in [4.78, 5) is 43.5. The zero-order chi connectivity index (χ0) is 22.1. The lowest BCUT2D eigenvalue weighted by Gasteiger charge is -2.37. The van der Waals surface area contributed by atoms with Gasteiger partial charge in [-0.1, -0.05) is 36.4 Å². The molecule has 0 spiro atoms. The highest BCUT2D eigenvalue weighted by molar-refractivity contribution is 6.10. The van der Waals surface area contributed by atoms with Gasteiger partial charge in [0.2, 0.25) is 11.8 Å². The fourth-order valence-electron chi connectivity index (χ4n) is 6.41. The highest BCUT2D eigenvalue weighted by Crippen LogP contribution is 2.65. The number of hydrogen-bond donors (Lipinski definition) is 0. The minimum absolute atomic E-state index is 0.0456. The summed E-state index contributed by atoms with van der Waals surface area (Å²) < 4.78 is 0. The van der Waals surface area contributed by atoms with E-state index in [1.807, 2.05) is 50.2 Å². The van der Waals surface area contributed by atoms with Gasteiger partial charge in [0, 0.05) is 11.3 Å². The van der Waals surface area contributed by atoms with Gasteiger partial charge in [-0.05, 0) is 79.3 Å². The van der Waals surface area contributed by atoms with E-state index in [-0.39, 0.29) is 48.1 Å². The number of carbonyl (C=O) groups is 3. The van der Waals surface area contributed by atoms with Crippen molar-refractivity contribution in [2.24, 2.45) is 35.5 Å². The first-order chi connectivity index (χ1) is 15.4. The fourth-order valence-corrected chi connectivity index (χ4v) is 6.41. The van der Waals surface area contributed by atoms with Crippen LogP contribution in [-0.4, -0.2) is 29.3 Å². The maximum atomic E-state index is 13.5. The molecular formula is C27H26N2O3. The van der Waals surface area contributed by atoms with Gasteiger partial charge < -0.3 is 0 Å². The molecule has 2 aromatic rings. The molecule has 7 rings (SSSR count). The molecule has 1 heterocycles. The van der Waals surface area contributed by atoms with Crippen LogP contribution in [0, 0.1) is 49.4 Å². The summed E-state index contributed by atoms with van der Waals surface area (Å²) in [6.45, 7) is 3.92. The van der Waals surface area contributed by atoms with Gasteiger partial charge in [0.15, 0.2) is 0 Å². The van der Waals surface area contributed by atoms with Crippen molar-refractivity contribution in [3.63, 3.8) is 0 Å². The molecule has 1 saturated heterocycles. The second-order valence-corrected chi connectivity index (χ2v) is 9.85. The van der Waals surface area contributed by atoms with Crippen molar-refractivity contribution >= 4 is 23.4 Å². The Hall–Kier alpha value is -3.21. The van der Waals surface area contributed by atoms with Crippen LogP contribution in [0.15, 0.2) is 60.7 Å². The first-order valence-corrected chi connectivity index (χ1v) is 11.4. The number of amides is 3. The molecule has 32 heavy (non-hydrogen) atoms. The summed E-state index contributed by atoms with van der Waals surface area (Å²) >= 11 is 0. The predicted octanol–water partition coefficient (Wildman–Crippen LogP) is 3.96. The van der Waals surface area contributed by atoms with E-state index in [1.54, 1.807) is 17.0 Å². The van der Waals surface area contributed by atoms with E-state index >= 15 is 0 Å². The van der Waals surface area contributed by atoms with Gasteiger partial charge >= 0.3 is 0 Å². The van der Waals surface area contributed by atoms with Crippen molar-refractivity contribution in [3.8, 4) is 0 Å². The molecule has 2 aromatic carbocycles. The number of hydrogen-bond acceptors (Lipinski definition) is 3. The average Bonchev–Trinajstić information content (AvgIpc) is 3.57. The number of imide groups is 1. The third kappa shape index (κ3) is 2.80. The third-order valence-electron chi connectivity index (χ3n) is 7.82. The van der Waals surface area contributed by atoms with Crippen LogP contribution in [0.4, 0.5) is 5.69 Å². The second-order valence-electron chi connectivity index (χ2n) is 9.85. The van der Waals surface area contributed by atoms with Crippen molar-refractivity contribution in [1.82, 2.24) is 4.90 Å². The standard InChI is InChI=1S/C27H26N2O3/c1-15-10-16(2)12-18(11-15)28(25(30)17-6-4-3-5-7-17)14-29-26(31)23-19-8-9-20(22-13-21(19)22)24(23)27(29)32/h3-12,19-24H,13-14H2,1-2H3/t19-,20-,21-,22+,23+,24+/m1/s1. The Morgan fingerprint density at radius 1 is 0.906 bits per heavy atom. The van der Waals surface area contributed by atoms with Gasteiger partial charge in [-0.25, -0.2) is 0 Å². The zero-order valence-corrected chi connectivity index (χ0v) is 18.3. The lowest BCUT2D eigenvalue weighted by Crippen LogP contribution is -2.45. The minimum atomic E-state index is -0.255. The molecular weight excluding hydrogens is 400 g/mol. The Bertz CT molecular complexity index is 1110. The molecule has 5 heteroatoms. The number of nitrogens with zero attached hydrogens (tertiary/aromatic N) is 2. The summed E-state index contributed by atoms with van der Waals surface area (Å²) in [5, 5.41) is 0. The summed E-state index contributed by atoms with van der Waals surface area (Å²) in [7, 11) is 0. The quantitative estimate of drug-likeness (QED) is 0.549. The van der Waals surface area contributed by atoms with Crippen molar-refractivity contribution in [2.45, 2.75) is 20.3 Å².